The fourth-order valence-electron chi connectivity index (χ4n) is 1.65. The van der Waals surface area contributed by atoms with Crippen molar-refractivity contribution in [2.45, 2.75) is 13.0 Å². The number of likely N-dealkylation sites (N-methyl/N-ethyl adjacent to an activating group) is 1. The van der Waals surface area contributed by atoms with Gasteiger partial charge in [-0.2, -0.15) is 0 Å². The summed E-state index contributed by atoms with van der Waals surface area (Å²) in [5, 5.41) is 7.78. The van der Waals surface area contributed by atoms with Crippen LogP contribution in [0.4, 0.5) is 10.5 Å². The number of carbonyl (C=O) groups excluding carboxylic acids is 3. The number of halogens is 1. The minimum absolute atomic E-state index is 0.0883. The lowest BCUT2D eigenvalue weighted by Crippen LogP contribution is -3.15. The van der Waals surface area contributed by atoms with Gasteiger partial charge < -0.3 is 15.5 Å². The van der Waals surface area contributed by atoms with Crippen molar-refractivity contribution >= 4 is 35.1 Å². The average Bonchev–Trinajstić information content (AvgIpc) is 2.48. The van der Waals surface area contributed by atoms with Crippen LogP contribution in [0.5, 0.6) is 0 Å². The zero-order chi connectivity index (χ0) is 16.7. The maximum absolute atomic E-state index is 11.9. The van der Waals surface area contributed by atoms with E-state index in [4.69, 9.17) is 11.6 Å². The number of carbonyl (C=O) groups is 3. The summed E-state index contributed by atoms with van der Waals surface area (Å²) in [6.07, 6.45) is 0. The topological polar surface area (TPSA) is 91.7 Å². The summed E-state index contributed by atoms with van der Waals surface area (Å²) >= 11 is 5.77. The van der Waals surface area contributed by atoms with Gasteiger partial charge in [0.15, 0.2) is 12.6 Å². The SMILES string of the molecule is CNC(=O)NC(=O)[C@H](C)[NH+](C)CC(=O)Nc1ccc(Cl)cc1. The van der Waals surface area contributed by atoms with E-state index in [1.54, 1.807) is 38.2 Å². The molecule has 1 aromatic carbocycles. The van der Waals surface area contributed by atoms with Crippen LogP contribution in [0.15, 0.2) is 24.3 Å². The Bertz CT molecular complexity index is 548. The molecule has 0 heterocycles. The van der Waals surface area contributed by atoms with Crippen LogP contribution in [0, 0.1) is 0 Å². The molecule has 120 valence electrons. The molecule has 0 fully saturated rings. The summed E-state index contributed by atoms with van der Waals surface area (Å²) in [6, 6.07) is 5.61. The van der Waals surface area contributed by atoms with Crippen LogP contribution >= 0.6 is 11.6 Å². The predicted molar refractivity (Wildman–Crippen MR) is 83.9 cm³/mol. The monoisotopic (exact) mass is 327 g/mol. The molecule has 4 amide bonds. The fraction of sp³-hybridized carbons (Fsp3) is 0.357. The van der Waals surface area contributed by atoms with Crippen molar-refractivity contribution in [3.05, 3.63) is 29.3 Å². The molecule has 8 heteroatoms. The van der Waals surface area contributed by atoms with Crippen molar-refractivity contribution in [1.82, 2.24) is 10.6 Å². The van der Waals surface area contributed by atoms with E-state index in [9.17, 15) is 14.4 Å². The molecule has 0 aliphatic heterocycles. The van der Waals surface area contributed by atoms with E-state index in [-0.39, 0.29) is 12.5 Å². The van der Waals surface area contributed by atoms with Gasteiger partial charge in [0.1, 0.15) is 0 Å². The summed E-state index contributed by atoms with van der Waals surface area (Å²) in [4.78, 5) is 35.5. The van der Waals surface area contributed by atoms with Gasteiger partial charge in [0.05, 0.1) is 7.05 Å². The number of hydrogen-bond acceptors (Lipinski definition) is 3. The minimum Gasteiger partial charge on any atom is -0.341 e. The molecule has 0 spiro atoms. The minimum atomic E-state index is -0.574. The molecule has 1 unspecified atom stereocenters. The van der Waals surface area contributed by atoms with E-state index in [1.165, 1.54) is 7.05 Å². The van der Waals surface area contributed by atoms with Crippen LogP contribution < -0.4 is 20.9 Å². The number of urea groups is 1. The summed E-state index contributed by atoms with van der Waals surface area (Å²) in [5.41, 5.74) is 0.629. The summed E-state index contributed by atoms with van der Waals surface area (Å²) < 4.78 is 0. The van der Waals surface area contributed by atoms with E-state index in [1.807, 2.05) is 0 Å². The Morgan fingerprint density at radius 3 is 2.36 bits per heavy atom. The Labute approximate surface area is 134 Å². The smallest absolute Gasteiger partial charge is 0.321 e. The summed E-state index contributed by atoms with van der Waals surface area (Å²) in [5.74, 6) is -0.685. The van der Waals surface area contributed by atoms with E-state index in [0.717, 1.165) is 0 Å². The summed E-state index contributed by atoms with van der Waals surface area (Å²) in [7, 11) is 3.12. The lowest BCUT2D eigenvalue weighted by atomic mass is 10.2. The zero-order valence-electron chi connectivity index (χ0n) is 12.7. The Morgan fingerprint density at radius 2 is 1.82 bits per heavy atom. The fourth-order valence-corrected chi connectivity index (χ4v) is 1.78. The molecule has 22 heavy (non-hydrogen) atoms. The van der Waals surface area contributed by atoms with Crippen molar-refractivity contribution in [3.63, 3.8) is 0 Å². The van der Waals surface area contributed by atoms with E-state index in [2.05, 4.69) is 16.0 Å². The van der Waals surface area contributed by atoms with Crippen LogP contribution in [0.1, 0.15) is 6.92 Å². The highest BCUT2D eigenvalue weighted by atomic mass is 35.5. The third kappa shape index (κ3) is 5.71. The molecule has 1 rings (SSSR count). The molecule has 2 atom stereocenters. The molecule has 1 aromatic rings. The number of benzene rings is 1. The molecular formula is C14H20ClN4O3+. The van der Waals surface area contributed by atoms with E-state index < -0.39 is 18.0 Å². The Kier molecular flexibility index (Phi) is 6.81. The molecule has 4 N–H and O–H groups in total. The predicted octanol–water partition coefficient (Wildman–Crippen LogP) is -0.363. The van der Waals surface area contributed by atoms with Crippen molar-refractivity contribution < 1.29 is 19.3 Å². The molecular weight excluding hydrogens is 308 g/mol. The first kappa shape index (κ1) is 17.9. The van der Waals surface area contributed by atoms with Crippen molar-refractivity contribution in [3.8, 4) is 0 Å². The van der Waals surface area contributed by atoms with Gasteiger partial charge in [-0.25, -0.2) is 4.79 Å². The van der Waals surface area contributed by atoms with Crippen LogP contribution in [-0.4, -0.2) is 44.5 Å². The van der Waals surface area contributed by atoms with Gasteiger partial charge in [0.25, 0.3) is 11.8 Å². The molecule has 0 aromatic heterocycles. The van der Waals surface area contributed by atoms with Crippen LogP contribution in [-0.2, 0) is 9.59 Å². The first-order chi connectivity index (χ1) is 10.3. The first-order valence-electron chi connectivity index (χ1n) is 6.73. The van der Waals surface area contributed by atoms with Crippen LogP contribution in [0.25, 0.3) is 0 Å². The Hall–Kier alpha value is -2.12. The van der Waals surface area contributed by atoms with Gasteiger partial charge in [-0.15, -0.1) is 0 Å². The average molecular weight is 328 g/mol. The number of nitrogens with one attached hydrogen (secondary N) is 4. The van der Waals surface area contributed by atoms with Gasteiger partial charge in [0.2, 0.25) is 0 Å². The lowest BCUT2D eigenvalue weighted by Gasteiger charge is -2.20. The molecule has 0 aliphatic rings. The molecule has 7 nitrogen and oxygen atoms in total. The molecule has 0 aliphatic carbocycles. The van der Waals surface area contributed by atoms with Gasteiger partial charge in [-0.05, 0) is 31.2 Å². The normalized spacial score (nSPS) is 12.9. The number of quaternary nitrogens is 1. The van der Waals surface area contributed by atoms with Crippen molar-refractivity contribution in [2.24, 2.45) is 0 Å². The molecule has 0 saturated heterocycles. The molecule has 0 saturated carbocycles. The number of imide groups is 1. The number of amides is 4. The van der Waals surface area contributed by atoms with Crippen LogP contribution in [0.3, 0.4) is 0 Å². The third-order valence-electron chi connectivity index (χ3n) is 3.16. The highest BCUT2D eigenvalue weighted by molar-refractivity contribution is 6.30. The Balaban J connectivity index is 2.50. The highest BCUT2D eigenvalue weighted by Crippen LogP contribution is 2.12. The second kappa shape index (κ2) is 8.35. The third-order valence-corrected chi connectivity index (χ3v) is 3.42. The number of anilines is 1. The van der Waals surface area contributed by atoms with Crippen LogP contribution in [0.2, 0.25) is 5.02 Å². The number of rotatable bonds is 5. The Morgan fingerprint density at radius 1 is 1.23 bits per heavy atom. The molecule has 0 radical (unpaired) electrons. The lowest BCUT2D eigenvalue weighted by molar-refractivity contribution is -0.885. The maximum atomic E-state index is 11.9. The number of hydrogen-bond donors (Lipinski definition) is 4. The molecule has 0 bridgehead atoms. The maximum Gasteiger partial charge on any atom is 0.321 e. The highest BCUT2D eigenvalue weighted by Gasteiger charge is 2.25. The van der Waals surface area contributed by atoms with Crippen molar-refractivity contribution in [1.29, 1.82) is 0 Å². The first-order valence-corrected chi connectivity index (χ1v) is 7.11. The standard InChI is InChI=1S/C14H19ClN4O3/c1-9(13(21)18-14(22)16-2)19(3)8-12(20)17-11-6-4-10(15)5-7-11/h4-7,9H,8H2,1-3H3,(H,17,20)(H2,16,18,21,22)/p+1/t9-/m0/s1. The zero-order valence-corrected chi connectivity index (χ0v) is 13.5. The van der Waals surface area contributed by atoms with Gasteiger partial charge >= 0.3 is 6.03 Å². The van der Waals surface area contributed by atoms with E-state index in [0.29, 0.717) is 15.6 Å². The van der Waals surface area contributed by atoms with Crippen molar-refractivity contribution in [2.75, 3.05) is 26.0 Å². The second-order valence-electron chi connectivity index (χ2n) is 4.87. The van der Waals surface area contributed by atoms with Gasteiger partial charge in [0, 0.05) is 17.8 Å². The largest absolute Gasteiger partial charge is 0.341 e. The second-order valence-corrected chi connectivity index (χ2v) is 5.30. The van der Waals surface area contributed by atoms with E-state index >= 15 is 0 Å². The van der Waals surface area contributed by atoms with Gasteiger partial charge in [-0.3, -0.25) is 14.9 Å². The summed E-state index contributed by atoms with van der Waals surface area (Å²) in [6.45, 7) is 1.73. The van der Waals surface area contributed by atoms with Gasteiger partial charge in [-0.1, -0.05) is 11.6 Å². The quantitative estimate of drug-likeness (QED) is 0.595.